The Morgan fingerprint density at radius 2 is 1.74 bits per heavy atom. The first-order valence-electron chi connectivity index (χ1n) is 8.51. The van der Waals surface area contributed by atoms with Crippen LogP contribution < -0.4 is 20.1 Å². The molecular formula is C17H25N3O6S. The Morgan fingerprint density at radius 1 is 1.11 bits per heavy atom. The van der Waals surface area contributed by atoms with Gasteiger partial charge in [-0.1, -0.05) is 0 Å². The fourth-order valence-corrected chi connectivity index (χ4v) is 3.74. The molecule has 2 rings (SSSR count). The van der Waals surface area contributed by atoms with E-state index in [0.29, 0.717) is 49.7 Å². The van der Waals surface area contributed by atoms with Crippen LogP contribution >= 0.6 is 0 Å². The van der Waals surface area contributed by atoms with Crippen LogP contribution in [0.1, 0.15) is 12.8 Å². The van der Waals surface area contributed by atoms with Crippen LogP contribution in [0.4, 0.5) is 5.69 Å². The molecule has 0 aliphatic carbocycles. The largest absolute Gasteiger partial charge is 0.493 e. The molecule has 1 aliphatic rings. The summed E-state index contributed by atoms with van der Waals surface area (Å²) >= 11 is 0. The highest BCUT2D eigenvalue weighted by molar-refractivity contribution is 7.88. The molecule has 0 aromatic heterocycles. The Balaban J connectivity index is 1.82. The second kappa shape index (κ2) is 9.05. The molecule has 2 amide bonds. The number of piperidine rings is 1. The van der Waals surface area contributed by atoms with E-state index in [0.717, 1.165) is 0 Å². The fourth-order valence-electron chi connectivity index (χ4n) is 2.86. The average Bonchev–Trinajstić information content (AvgIpc) is 2.65. The minimum absolute atomic E-state index is 0.140. The van der Waals surface area contributed by atoms with Crippen molar-refractivity contribution in [3.8, 4) is 11.5 Å². The van der Waals surface area contributed by atoms with Gasteiger partial charge in [-0.05, 0) is 30.9 Å². The van der Waals surface area contributed by atoms with E-state index in [4.69, 9.17) is 9.47 Å². The van der Waals surface area contributed by atoms with Crippen LogP contribution in [-0.4, -0.2) is 64.6 Å². The van der Waals surface area contributed by atoms with Crippen molar-refractivity contribution >= 4 is 27.5 Å². The lowest BCUT2D eigenvalue weighted by Crippen LogP contribution is -2.43. The number of nitrogens with zero attached hydrogens (tertiary/aromatic N) is 1. The summed E-state index contributed by atoms with van der Waals surface area (Å²) in [6.07, 6.45) is 2.48. The fraction of sp³-hybridized carbons (Fsp3) is 0.529. The molecule has 1 fully saturated rings. The van der Waals surface area contributed by atoms with E-state index in [1.54, 1.807) is 18.2 Å². The maximum atomic E-state index is 12.0. The van der Waals surface area contributed by atoms with E-state index in [1.165, 1.54) is 24.8 Å². The topological polar surface area (TPSA) is 114 Å². The zero-order chi connectivity index (χ0) is 20.0. The van der Waals surface area contributed by atoms with Gasteiger partial charge in [-0.2, -0.15) is 0 Å². The molecule has 10 heteroatoms. The van der Waals surface area contributed by atoms with Crippen molar-refractivity contribution in [1.82, 2.24) is 9.62 Å². The van der Waals surface area contributed by atoms with Gasteiger partial charge in [0, 0.05) is 31.4 Å². The molecule has 0 saturated carbocycles. The summed E-state index contributed by atoms with van der Waals surface area (Å²) in [5.74, 6) is -0.430. The number of anilines is 1. The van der Waals surface area contributed by atoms with Crippen LogP contribution in [0, 0.1) is 5.92 Å². The Labute approximate surface area is 159 Å². The molecule has 1 heterocycles. The number of hydrogen-bond acceptors (Lipinski definition) is 6. The molecule has 1 aliphatic heterocycles. The smallest absolute Gasteiger partial charge is 0.313 e. The summed E-state index contributed by atoms with van der Waals surface area (Å²) in [5, 5.41) is 5.11. The van der Waals surface area contributed by atoms with Gasteiger partial charge in [0.25, 0.3) is 0 Å². The minimum Gasteiger partial charge on any atom is -0.493 e. The van der Waals surface area contributed by atoms with Crippen LogP contribution in [0.5, 0.6) is 11.5 Å². The van der Waals surface area contributed by atoms with E-state index in [2.05, 4.69) is 10.6 Å². The molecule has 0 unspecified atom stereocenters. The predicted octanol–water partition coefficient (Wildman–Crippen LogP) is 0.430. The lowest BCUT2D eigenvalue weighted by Gasteiger charge is -2.30. The molecule has 0 atom stereocenters. The lowest BCUT2D eigenvalue weighted by molar-refractivity contribution is -0.136. The summed E-state index contributed by atoms with van der Waals surface area (Å²) in [5.41, 5.74) is 0.411. The minimum atomic E-state index is -3.18. The molecule has 0 radical (unpaired) electrons. The van der Waals surface area contributed by atoms with Gasteiger partial charge < -0.3 is 20.1 Å². The average molecular weight is 399 g/mol. The van der Waals surface area contributed by atoms with Crippen molar-refractivity contribution in [1.29, 1.82) is 0 Å². The van der Waals surface area contributed by atoms with Crippen LogP contribution in [0.3, 0.4) is 0 Å². The Kier molecular flexibility index (Phi) is 7.03. The Morgan fingerprint density at radius 3 is 2.30 bits per heavy atom. The number of methoxy groups -OCH3 is 2. The zero-order valence-electron chi connectivity index (χ0n) is 15.6. The van der Waals surface area contributed by atoms with Gasteiger partial charge in [0.2, 0.25) is 10.0 Å². The molecule has 0 spiro atoms. The molecule has 27 heavy (non-hydrogen) atoms. The number of amides is 2. The highest BCUT2D eigenvalue weighted by Crippen LogP contribution is 2.29. The first-order chi connectivity index (χ1) is 12.7. The first-order valence-corrected chi connectivity index (χ1v) is 10.4. The van der Waals surface area contributed by atoms with Gasteiger partial charge in [0.05, 0.1) is 20.5 Å². The molecule has 2 N–H and O–H groups in total. The summed E-state index contributed by atoms with van der Waals surface area (Å²) in [6.45, 7) is 1.18. The van der Waals surface area contributed by atoms with E-state index in [1.807, 2.05) is 0 Å². The number of ether oxygens (including phenoxy) is 2. The van der Waals surface area contributed by atoms with Gasteiger partial charge in [-0.25, -0.2) is 12.7 Å². The summed E-state index contributed by atoms with van der Waals surface area (Å²) < 4.78 is 34.7. The summed E-state index contributed by atoms with van der Waals surface area (Å²) in [6, 6.07) is 4.79. The molecule has 0 bridgehead atoms. The van der Waals surface area contributed by atoms with Crippen molar-refractivity contribution in [3.63, 3.8) is 0 Å². The normalized spacial score (nSPS) is 15.8. The van der Waals surface area contributed by atoms with Gasteiger partial charge in [0.1, 0.15) is 0 Å². The van der Waals surface area contributed by atoms with E-state index in [9.17, 15) is 18.0 Å². The monoisotopic (exact) mass is 399 g/mol. The molecule has 9 nitrogen and oxygen atoms in total. The van der Waals surface area contributed by atoms with Crippen LogP contribution in [-0.2, 0) is 19.6 Å². The van der Waals surface area contributed by atoms with Gasteiger partial charge in [-0.3, -0.25) is 9.59 Å². The number of sulfonamides is 1. The van der Waals surface area contributed by atoms with Gasteiger partial charge in [-0.15, -0.1) is 0 Å². The second-order valence-corrected chi connectivity index (χ2v) is 8.32. The Hall–Kier alpha value is -2.33. The SMILES string of the molecule is COc1ccc(NC(=O)C(=O)NCC2CCN(S(C)(=O)=O)CC2)cc1OC. The number of hydrogen-bond donors (Lipinski definition) is 2. The third kappa shape index (κ3) is 5.83. The second-order valence-electron chi connectivity index (χ2n) is 6.34. The van der Waals surface area contributed by atoms with Crippen molar-refractivity contribution in [2.24, 2.45) is 5.92 Å². The molecular weight excluding hydrogens is 374 g/mol. The highest BCUT2D eigenvalue weighted by Gasteiger charge is 2.25. The van der Waals surface area contributed by atoms with Gasteiger partial charge in [0.15, 0.2) is 11.5 Å². The zero-order valence-corrected chi connectivity index (χ0v) is 16.5. The molecule has 1 saturated heterocycles. The van der Waals surface area contributed by atoms with Crippen LogP contribution in [0.2, 0.25) is 0 Å². The number of carbonyl (C=O) groups excluding carboxylic acids is 2. The van der Waals surface area contributed by atoms with Crippen LogP contribution in [0.15, 0.2) is 18.2 Å². The van der Waals surface area contributed by atoms with Crippen molar-refractivity contribution in [2.45, 2.75) is 12.8 Å². The summed E-state index contributed by atoms with van der Waals surface area (Å²) in [4.78, 5) is 24.0. The third-order valence-corrected chi connectivity index (χ3v) is 5.74. The van der Waals surface area contributed by atoms with Crippen molar-refractivity contribution in [3.05, 3.63) is 18.2 Å². The van der Waals surface area contributed by atoms with Crippen molar-refractivity contribution < 1.29 is 27.5 Å². The van der Waals surface area contributed by atoms with E-state index >= 15 is 0 Å². The quantitative estimate of drug-likeness (QED) is 0.671. The number of carbonyl (C=O) groups is 2. The molecule has 150 valence electrons. The van der Waals surface area contributed by atoms with E-state index in [-0.39, 0.29) is 5.92 Å². The van der Waals surface area contributed by atoms with Crippen LogP contribution in [0.25, 0.3) is 0 Å². The standard InChI is InChI=1S/C17H25N3O6S/c1-25-14-5-4-13(10-15(14)26-2)19-17(22)16(21)18-11-12-6-8-20(9-7-12)27(3,23)24/h4-5,10,12H,6-9,11H2,1-3H3,(H,18,21)(H,19,22). The maximum Gasteiger partial charge on any atom is 0.313 e. The Bertz CT molecular complexity index is 788. The predicted molar refractivity (Wildman–Crippen MR) is 100 cm³/mol. The highest BCUT2D eigenvalue weighted by atomic mass is 32.2. The third-order valence-electron chi connectivity index (χ3n) is 4.44. The first kappa shape index (κ1) is 21.0. The molecule has 1 aromatic carbocycles. The lowest BCUT2D eigenvalue weighted by atomic mass is 9.98. The number of benzene rings is 1. The van der Waals surface area contributed by atoms with E-state index < -0.39 is 21.8 Å². The maximum absolute atomic E-state index is 12.0. The number of nitrogens with one attached hydrogen (secondary N) is 2. The van der Waals surface area contributed by atoms with Gasteiger partial charge >= 0.3 is 11.8 Å². The molecule has 1 aromatic rings. The number of rotatable bonds is 6. The van der Waals surface area contributed by atoms with Crippen molar-refractivity contribution in [2.75, 3.05) is 45.4 Å². The summed E-state index contributed by atoms with van der Waals surface area (Å²) in [7, 11) is -0.195.